The third-order valence-electron chi connectivity index (χ3n) is 4.59. The number of hydrogen-bond acceptors (Lipinski definition) is 5. The summed E-state index contributed by atoms with van der Waals surface area (Å²) in [6, 6.07) is 15.9. The lowest BCUT2D eigenvalue weighted by Gasteiger charge is -2.17. The number of sulfonamides is 1. The predicted octanol–water partition coefficient (Wildman–Crippen LogP) is 4.30. The molecule has 30 heavy (non-hydrogen) atoms. The van der Waals surface area contributed by atoms with Crippen molar-refractivity contribution in [3.63, 3.8) is 0 Å². The summed E-state index contributed by atoms with van der Waals surface area (Å²) >= 11 is 6.21. The molecule has 0 fully saturated rings. The van der Waals surface area contributed by atoms with Gasteiger partial charge in [0, 0.05) is 37.8 Å². The van der Waals surface area contributed by atoms with Crippen molar-refractivity contribution in [3.8, 4) is 5.75 Å². The molecule has 8 heteroatoms. The van der Waals surface area contributed by atoms with E-state index in [2.05, 4.69) is 4.72 Å². The number of halogens is 1. The zero-order chi connectivity index (χ0) is 21.9. The molecular formula is C22H26ClN3O3S. The highest BCUT2D eigenvalue weighted by Crippen LogP contribution is 2.32. The second kappa shape index (κ2) is 9.12. The van der Waals surface area contributed by atoms with Crippen LogP contribution in [0.5, 0.6) is 5.75 Å². The van der Waals surface area contributed by atoms with Gasteiger partial charge >= 0.3 is 0 Å². The zero-order valence-electron chi connectivity index (χ0n) is 17.5. The van der Waals surface area contributed by atoms with Gasteiger partial charge in [-0.3, -0.25) is 4.72 Å². The summed E-state index contributed by atoms with van der Waals surface area (Å²) in [6.45, 7) is 1.16. The van der Waals surface area contributed by atoms with Crippen molar-refractivity contribution >= 4 is 43.8 Å². The van der Waals surface area contributed by atoms with E-state index < -0.39 is 10.0 Å². The van der Waals surface area contributed by atoms with E-state index in [-0.39, 0.29) is 4.90 Å². The van der Waals surface area contributed by atoms with Crippen LogP contribution in [0.1, 0.15) is 0 Å². The number of fused-ring (bicyclic) bond motifs is 1. The predicted molar refractivity (Wildman–Crippen MR) is 125 cm³/mol. The normalized spacial score (nSPS) is 11.7. The van der Waals surface area contributed by atoms with Gasteiger partial charge in [-0.1, -0.05) is 35.9 Å². The van der Waals surface area contributed by atoms with Gasteiger partial charge in [-0.05, 0) is 43.7 Å². The molecule has 3 aromatic carbocycles. The Balaban J connectivity index is 1.96. The molecule has 0 saturated carbocycles. The van der Waals surface area contributed by atoms with E-state index in [4.69, 9.17) is 16.3 Å². The van der Waals surface area contributed by atoms with Crippen molar-refractivity contribution in [3.05, 3.63) is 59.6 Å². The lowest BCUT2D eigenvalue weighted by Crippen LogP contribution is -2.19. The molecule has 0 amide bonds. The lowest BCUT2D eigenvalue weighted by atomic mass is 10.1. The molecule has 6 nitrogen and oxygen atoms in total. The van der Waals surface area contributed by atoms with Crippen LogP contribution in [0.25, 0.3) is 10.8 Å². The van der Waals surface area contributed by atoms with Crippen LogP contribution in [-0.2, 0) is 10.0 Å². The van der Waals surface area contributed by atoms with Crippen molar-refractivity contribution in [2.75, 3.05) is 51.0 Å². The monoisotopic (exact) mass is 447 g/mol. The van der Waals surface area contributed by atoms with Crippen molar-refractivity contribution < 1.29 is 13.2 Å². The third-order valence-corrected chi connectivity index (χ3v) is 6.33. The van der Waals surface area contributed by atoms with Crippen LogP contribution < -0.4 is 14.4 Å². The van der Waals surface area contributed by atoms with Crippen molar-refractivity contribution in [1.29, 1.82) is 0 Å². The fraction of sp³-hybridized carbons (Fsp3) is 0.273. The molecule has 0 radical (unpaired) electrons. The zero-order valence-corrected chi connectivity index (χ0v) is 19.1. The quantitative estimate of drug-likeness (QED) is 0.557. The standard InChI is InChI=1S/C22H26ClN3O3S/c1-25(2)11-12-29-21-14-17(9-10-20(21)23)24-30(27,28)22-15-18(26(3)4)13-16-7-5-6-8-19(16)22/h5-10,13-15,24H,11-12H2,1-4H3. The minimum absolute atomic E-state index is 0.217. The number of nitrogens with one attached hydrogen (secondary N) is 1. The fourth-order valence-electron chi connectivity index (χ4n) is 2.97. The molecule has 0 bridgehead atoms. The summed E-state index contributed by atoms with van der Waals surface area (Å²) in [6.07, 6.45) is 0. The van der Waals surface area contributed by atoms with Gasteiger partial charge in [0.1, 0.15) is 12.4 Å². The summed E-state index contributed by atoms with van der Waals surface area (Å²) in [5, 5.41) is 1.94. The first-order valence-corrected chi connectivity index (χ1v) is 11.3. The van der Waals surface area contributed by atoms with Crippen LogP contribution in [-0.4, -0.2) is 54.7 Å². The molecule has 0 aliphatic carbocycles. The van der Waals surface area contributed by atoms with Crippen molar-refractivity contribution in [2.24, 2.45) is 0 Å². The molecule has 0 saturated heterocycles. The smallest absolute Gasteiger partial charge is 0.262 e. The van der Waals surface area contributed by atoms with Crippen LogP contribution in [0.15, 0.2) is 59.5 Å². The lowest BCUT2D eigenvalue weighted by molar-refractivity contribution is 0.261. The van der Waals surface area contributed by atoms with Crippen LogP contribution in [0, 0.1) is 0 Å². The molecule has 0 aliphatic rings. The van der Waals surface area contributed by atoms with E-state index in [0.29, 0.717) is 28.5 Å². The Morgan fingerprint density at radius 1 is 1.00 bits per heavy atom. The molecule has 0 spiro atoms. The minimum atomic E-state index is -3.84. The average Bonchev–Trinajstić information content (AvgIpc) is 2.69. The Kier molecular flexibility index (Phi) is 6.75. The van der Waals surface area contributed by atoms with Crippen molar-refractivity contribution in [1.82, 2.24) is 4.90 Å². The minimum Gasteiger partial charge on any atom is -0.491 e. The van der Waals surface area contributed by atoms with Crippen molar-refractivity contribution in [2.45, 2.75) is 4.90 Å². The fourth-order valence-corrected chi connectivity index (χ4v) is 4.44. The SMILES string of the molecule is CN(C)CCOc1cc(NS(=O)(=O)c2cc(N(C)C)cc3ccccc23)ccc1Cl. The van der Waals surface area contributed by atoms with E-state index >= 15 is 0 Å². The highest BCUT2D eigenvalue weighted by molar-refractivity contribution is 7.93. The Labute approximate surface area is 183 Å². The Bertz CT molecular complexity index is 1150. The van der Waals surface area contributed by atoms with Gasteiger partial charge in [0.25, 0.3) is 10.0 Å². The van der Waals surface area contributed by atoms with E-state index in [1.807, 2.05) is 62.3 Å². The van der Waals surface area contributed by atoms with Crippen LogP contribution >= 0.6 is 11.6 Å². The molecular weight excluding hydrogens is 422 g/mol. The average molecular weight is 448 g/mol. The van der Waals surface area contributed by atoms with E-state index in [0.717, 1.165) is 17.6 Å². The Morgan fingerprint density at radius 2 is 1.73 bits per heavy atom. The molecule has 0 aromatic heterocycles. The number of ether oxygens (including phenoxy) is 1. The number of anilines is 2. The first-order valence-electron chi connectivity index (χ1n) is 9.47. The van der Waals surface area contributed by atoms with Gasteiger partial charge in [-0.15, -0.1) is 0 Å². The number of hydrogen-bond donors (Lipinski definition) is 1. The number of rotatable bonds is 8. The van der Waals surface area contributed by atoms with Gasteiger partial charge in [0.15, 0.2) is 0 Å². The Hall–Kier alpha value is -2.48. The first kappa shape index (κ1) is 22.2. The van der Waals surface area contributed by atoms with Crippen LogP contribution in [0.4, 0.5) is 11.4 Å². The van der Waals surface area contributed by atoms with Gasteiger partial charge in [0.2, 0.25) is 0 Å². The molecule has 0 aliphatic heterocycles. The van der Waals surface area contributed by atoms with Gasteiger partial charge in [0.05, 0.1) is 15.6 Å². The van der Waals surface area contributed by atoms with Crippen LogP contribution in [0.2, 0.25) is 5.02 Å². The molecule has 0 heterocycles. The maximum absolute atomic E-state index is 13.3. The Morgan fingerprint density at radius 3 is 2.43 bits per heavy atom. The molecule has 160 valence electrons. The van der Waals surface area contributed by atoms with Gasteiger partial charge < -0.3 is 14.5 Å². The highest BCUT2D eigenvalue weighted by atomic mass is 35.5. The van der Waals surface area contributed by atoms with Gasteiger partial charge in [-0.25, -0.2) is 8.42 Å². The summed E-state index contributed by atoms with van der Waals surface area (Å²) in [4.78, 5) is 4.09. The number of likely N-dealkylation sites (N-methyl/N-ethyl adjacent to an activating group) is 1. The van der Waals surface area contributed by atoms with Gasteiger partial charge in [-0.2, -0.15) is 0 Å². The summed E-state index contributed by atoms with van der Waals surface area (Å²) in [7, 11) is 3.81. The number of benzene rings is 3. The molecule has 3 rings (SSSR count). The summed E-state index contributed by atoms with van der Waals surface area (Å²) in [5.41, 5.74) is 1.19. The third kappa shape index (κ3) is 5.16. The molecule has 1 N–H and O–H groups in total. The maximum atomic E-state index is 13.3. The summed E-state index contributed by atoms with van der Waals surface area (Å²) in [5.74, 6) is 0.436. The van der Waals surface area contributed by atoms with E-state index in [1.54, 1.807) is 30.3 Å². The van der Waals surface area contributed by atoms with Crippen LogP contribution in [0.3, 0.4) is 0 Å². The highest BCUT2D eigenvalue weighted by Gasteiger charge is 2.20. The second-order valence-corrected chi connectivity index (χ2v) is 9.52. The molecule has 3 aromatic rings. The largest absolute Gasteiger partial charge is 0.491 e. The maximum Gasteiger partial charge on any atom is 0.262 e. The second-order valence-electron chi connectivity index (χ2n) is 7.46. The molecule has 0 atom stereocenters. The number of nitrogens with zero attached hydrogens (tertiary/aromatic N) is 2. The topological polar surface area (TPSA) is 61.9 Å². The first-order chi connectivity index (χ1) is 14.2. The van der Waals surface area contributed by atoms with E-state index in [1.165, 1.54) is 0 Å². The van der Waals surface area contributed by atoms with E-state index in [9.17, 15) is 8.42 Å². The summed E-state index contributed by atoms with van der Waals surface area (Å²) < 4.78 is 34.9. The molecule has 0 unspecified atom stereocenters.